The molecule has 1 aliphatic rings. The molecule has 0 bridgehead atoms. The zero-order chi connectivity index (χ0) is 61.7. The molecule has 1 heterocycles. The van der Waals surface area contributed by atoms with Crippen molar-refractivity contribution in [1.29, 1.82) is 0 Å². The lowest BCUT2D eigenvalue weighted by molar-refractivity contribution is -0.305. The van der Waals surface area contributed by atoms with Crippen LogP contribution >= 0.6 is 0 Å². The molecule has 8 atom stereocenters. The van der Waals surface area contributed by atoms with E-state index in [4.69, 9.17) is 14.2 Å². The Hall–Kier alpha value is -2.38. The highest BCUT2D eigenvalue weighted by Gasteiger charge is 2.47. The number of aliphatic hydroxyl groups is 5. The van der Waals surface area contributed by atoms with Crippen LogP contribution in [0.25, 0.3) is 0 Å². The Morgan fingerprint density at radius 1 is 0.459 bits per heavy atom. The van der Waals surface area contributed by atoms with Gasteiger partial charge in [0.1, 0.15) is 24.4 Å². The van der Waals surface area contributed by atoms with Crippen molar-refractivity contribution in [2.75, 3.05) is 13.2 Å². The second-order valence-electron chi connectivity index (χ2n) is 25.3. The quantitative estimate of drug-likeness (QED) is 0.0195. The van der Waals surface area contributed by atoms with Crippen molar-refractivity contribution in [1.82, 2.24) is 5.32 Å². The molecular formula is C74H137NO10. The topological polar surface area (TPSA) is 175 Å². The SMILES string of the molecule is CCCCC/C=C\C/C=C\C/C=C\CCCCCCCCCCCCCCC(=O)OC1C(OCC(NC(=O)C(O)CCCCCCCCCCCCCCCCCCCC)C(O)/C=C/CCCCCCCCCCCCC)OC(CO)C(O)C1O. The number of hydrogen-bond acceptors (Lipinski definition) is 10. The Bertz CT molecular complexity index is 1570. The molecule has 85 heavy (non-hydrogen) atoms. The van der Waals surface area contributed by atoms with E-state index in [-0.39, 0.29) is 13.0 Å². The van der Waals surface area contributed by atoms with Gasteiger partial charge in [-0.15, -0.1) is 0 Å². The maximum Gasteiger partial charge on any atom is 0.306 e. The number of hydrogen-bond donors (Lipinski definition) is 6. The minimum atomic E-state index is -1.61. The Morgan fingerprint density at radius 2 is 0.812 bits per heavy atom. The molecule has 1 aliphatic heterocycles. The van der Waals surface area contributed by atoms with Crippen LogP contribution in [0, 0.1) is 0 Å². The molecule has 1 fully saturated rings. The summed E-state index contributed by atoms with van der Waals surface area (Å²) < 4.78 is 17.7. The summed E-state index contributed by atoms with van der Waals surface area (Å²) in [7, 11) is 0. The van der Waals surface area contributed by atoms with Gasteiger partial charge in [-0.25, -0.2) is 0 Å². The first-order valence-corrected chi connectivity index (χ1v) is 36.4. The van der Waals surface area contributed by atoms with Gasteiger partial charge >= 0.3 is 5.97 Å². The highest BCUT2D eigenvalue weighted by Crippen LogP contribution is 2.26. The monoisotopic (exact) mass is 1200 g/mol. The van der Waals surface area contributed by atoms with Crippen molar-refractivity contribution < 1.29 is 49.3 Å². The Morgan fingerprint density at radius 3 is 1.24 bits per heavy atom. The van der Waals surface area contributed by atoms with E-state index in [1.165, 1.54) is 231 Å². The van der Waals surface area contributed by atoms with E-state index in [0.29, 0.717) is 19.3 Å². The van der Waals surface area contributed by atoms with Gasteiger partial charge in [0.05, 0.1) is 25.4 Å². The zero-order valence-electron chi connectivity index (χ0n) is 55.5. The third kappa shape index (κ3) is 49.1. The van der Waals surface area contributed by atoms with Gasteiger partial charge in [-0.2, -0.15) is 0 Å². The molecule has 11 nitrogen and oxygen atoms in total. The average Bonchev–Trinajstić information content (AvgIpc) is 3.34. The summed E-state index contributed by atoms with van der Waals surface area (Å²) in [5, 5.41) is 57.3. The molecule has 11 heteroatoms. The number of esters is 1. The number of carbonyl (C=O) groups excluding carboxylic acids is 2. The summed E-state index contributed by atoms with van der Waals surface area (Å²) in [4.78, 5) is 26.7. The first-order chi connectivity index (χ1) is 41.7. The lowest BCUT2D eigenvalue weighted by Crippen LogP contribution is -2.61. The number of unbranched alkanes of at least 4 members (excludes halogenated alkanes) is 43. The van der Waals surface area contributed by atoms with E-state index in [2.05, 4.69) is 62.5 Å². The van der Waals surface area contributed by atoms with Crippen molar-refractivity contribution in [3.63, 3.8) is 0 Å². The normalized spacial score (nSPS) is 18.6. The Balaban J connectivity index is 2.56. The van der Waals surface area contributed by atoms with Crippen molar-refractivity contribution in [3.8, 4) is 0 Å². The highest BCUT2D eigenvalue weighted by molar-refractivity contribution is 5.80. The number of aliphatic hydroxyl groups excluding tert-OH is 5. The van der Waals surface area contributed by atoms with Gasteiger partial charge in [0, 0.05) is 6.42 Å². The third-order valence-corrected chi connectivity index (χ3v) is 17.2. The summed E-state index contributed by atoms with van der Waals surface area (Å²) in [6.45, 7) is 5.82. The minimum Gasteiger partial charge on any atom is -0.454 e. The molecule has 0 aromatic heterocycles. The lowest BCUT2D eigenvalue weighted by Gasteiger charge is -2.41. The molecule has 0 aromatic carbocycles. The summed E-state index contributed by atoms with van der Waals surface area (Å²) in [5.41, 5.74) is 0. The fourth-order valence-corrected chi connectivity index (χ4v) is 11.5. The van der Waals surface area contributed by atoms with E-state index in [1.54, 1.807) is 6.08 Å². The van der Waals surface area contributed by atoms with Crippen LogP contribution < -0.4 is 5.32 Å². The van der Waals surface area contributed by atoms with E-state index >= 15 is 0 Å². The molecular weight excluding hydrogens is 1060 g/mol. The van der Waals surface area contributed by atoms with Gasteiger partial charge in [-0.3, -0.25) is 9.59 Å². The molecule has 0 radical (unpaired) electrons. The Labute approximate surface area is 523 Å². The fraction of sp³-hybridized carbons (Fsp3) is 0.865. The predicted octanol–water partition coefficient (Wildman–Crippen LogP) is 18.7. The summed E-state index contributed by atoms with van der Waals surface area (Å²) in [6.07, 6.45) is 67.2. The number of rotatable bonds is 63. The van der Waals surface area contributed by atoms with E-state index in [1.807, 2.05) is 6.08 Å². The maximum atomic E-state index is 13.5. The van der Waals surface area contributed by atoms with Crippen molar-refractivity contribution in [3.05, 3.63) is 48.6 Å². The van der Waals surface area contributed by atoms with Crippen LogP contribution in [0.4, 0.5) is 0 Å². The fourth-order valence-electron chi connectivity index (χ4n) is 11.5. The highest BCUT2D eigenvalue weighted by atomic mass is 16.7. The largest absolute Gasteiger partial charge is 0.454 e. The zero-order valence-corrected chi connectivity index (χ0v) is 55.5. The number of amides is 1. The second-order valence-corrected chi connectivity index (χ2v) is 25.3. The van der Waals surface area contributed by atoms with E-state index in [0.717, 1.165) is 70.6 Å². The van der Waals surface area contributed by atoms with Crippen LogP contribution in [0.5, 0.6) is 0 Å². The number of carbonyl (C=O) groups is 2. The molecule has 1 saturated heterocycles. The maximum absolute atomic E-state index is 13.5. The van der Waals surface area contributed by atoms with Gasteiger partial charge in [0.25, 0.3) is 0 Å². The molecule has 0 spiro atoms. The second kappa shape index (κ2) is 61.8. The molecule has 1 amide bonds. The van der Waals surface area contributed by atoms with Gasteiger partial charge in [-0.05, 0) is 64.2 Å². The summed E-state index contributed by atoms with van der Waals surface area (Å²) in [5.74, 6) is -1.18. The lowest BCUT2D eigenvalue weighted by atomic mass is 9.99. The van der Waals surface area contributed by atoms with Gasteiger partial charge in [0.2, 0.25) is 5.91 Å². The van der Waals surface area contributed by atoms with Gasteiger partial charge in [-0.1, -0.05) is 326 Å². The number of allylic oxidation sites excluding steroid dienone is 7. The first kappa shape index (κ1) is 80.6. The van der Waals surface area contributed by atoms with Gasteiger partial charge in [0.15, 0.2) is 12.4 Å². The Kier molecular flexibility index (Phi) is 58.7. The van der Waals surface area contributed by atoms with Crippen LogP contribution in [0.2, 0.25) is 0 Å². The van der Waals surface area contributed by atoms with Crippen LogP contribution in [0.1, 0.15) is 348 Å². The average molecular weight is 1200 g/mol. The molecule has 8 unspecified atom stereocenters. The third-order valence-electron chi connectivity index (χ3n) is 17.2. The van der Waals surface area contributed by atoms with Crippen LogP contribution in [-0.2, 0) is 23.8 Å². The predicted molar refractivity (Wildman–Crippen MR) is 357 cm³/mol. The van der Waals surface area contributed by atoms with E-state index in [9.17, 15) is 35.1 Å². The van der Waals surface area contributed by atoms with Crippen LogP contribution in [-0.4, -0.2) is 99.6 Å². The first-order valence-electron chi connectivity index (χ1n) is 36.4. The van der Waals surface area contributed by atoms with E-state index < -0.39 is 67.4 Å². The summed E-state index contributed by atoms with van der Waals surface area (Å²) in [6, 6.07) is -1.02. The van der Waals surface area contributed by atoms with Crippen LogP contribution in [0.3, 0.4) is 0 Å². The molecule has 0 aromatic rings. The standard InChI is InChI=1S/C74H137NO10/c1-4-7-10-13-16-19-22-25-27-29-31-32-33-34-35-36-37-39-41-44-47-50-53-56-59-62-69(79)85-72-71(81)70(80)68(63-76)84-74(72)83-64-65(66(77)60-57-54-51-48-45-42-24-21-18-15-12-9-6-3)75-73(82)67(78)61-58-55-52-49-46-43-40-38-30-28-26-23-20-17-14-11-8-5-2/h16,19,25,27,31-32,57,60,65-68,70-72,74,76-78,80-81H,4-15,17-18,20-24,26,28-30,33-56,58-59,61-64H2,1-3H3,(H,75,82)/b19-16-,27-25-,32-31-,60-57+. The minimum absolute atomic E-state index is 0.123. The van der Waals surface area contributed by atoms with Crippen molar-refractivity contribution >= 4 is 11.9 Å². The molecule has 0 saturated carbocycles. The van der Waals surface area contributed by atoms with Crippen molar-refractivity contribution in [2.45, 2.75) is 397 Å². The molecule has 0 aliphatic carbocycles. The molecule has 6 N–H and O–H groups in total. The smallest absolute Gasteiger partial charge is 0.306 e. The summed E-state index contributed by atoms with van der Waals surface area (Å²) >= 11 is 0. The van der Waals surface area contributed by atoms with Crippen molar-refractivity contribution in [2.24, 2.45) is 0 Å². The number of ether oxygens (including phenoxy) is 3. The number of nitrogens with one attached hydrogen (secondary N) is 1. The molecule has 498 valence electrons. The molecule has 1 rings (SSSR count). The van der Waals surface area contributed by atoms with Crippen LogP contribution in [0.15, 0.2) is 48.6 Å². The van der Waals surface area contributed by atoms with Gasteiger partial charge < -0.3 is 45.1 Å².